The normalized spacial score (nSPS) is 12.1. The number of anilines is 2. The van der Waals surface area contributed by atoms with Crippen molar-refractivity contribution in [2.75, 3.05) is 17.7 Å². The lowest BCUT2D eigenvalue weighted by Gasteiger charge is -2.16. The molecule has 0 atom stereocenters. The Morgan fingerprint density at radius 3 is 2.50 bits per heavy atom. The monoisotopic (exact) mass is 413 g/mol. The fraction of sp³-hybridized carbons (Fsp3) is 0.286. The molecule has 0 saturated heterocycles. The molecule has 1 heterocycles. The topological polar surface area (TPSA) is 81.2 Å². The Morgan fingerprint density at radius 2 is 1.92 bits per heavy atom. The molecule has 0 spiro atoms. The van der Waals surface area contributed by atoms with Crippen molar-refractivity contribution in [3.05, 3.63) is 35.5 Å². The van der Waals surface area contributed by atoms with Crippen LogP contribution < -0.4 is 10.1 Å². The largest absolute Gasteiger partial charge is 0.482 e. The molecule has 142 valence electrons. The van der Waals surface area contributed by atoms with Crippen LogP contribution in [0.1, 0.15) is 6.92 Å². The van der Waals surface area contributed by atoms with Gasteiger partial charge in [-0.3, -0.25) is 0 Å². The summed E-state index contributed by atoms with van der Waals surface area (Å²) in [5.74, 6) is -2.11. The average Bonchev–Trinajstić information content (AvgIpc) is 2.54. The van der Waals surface area contributed by atoms with Crippen LogP contribution in [0.15, 0.2) is 29.4 Å². The molecule has 0 saturated carbocycles. The number of sulfone groups is 1. The van der Waals surface area contributed by atoms with E-state index in [9.17, 15) is 26.0 Å². The zero-order valence-corrected chi connectivity index (χ0v) is 14.7. The van der Waals surface area contributed by atoms with Crippen molar-refractivity contribution in [3.8, 4) is 5.75 Å². The minimum Gasteiger partial charge on any atom is -0.482 e. The number of nitrogens with zero attached hydrogens (tertiary/aromatic N) is 2. The first kappa shape index (κ1) is 20.2. The fourth-order valence-corrected chi connectivity index (χ4v) is 2.96. The van der Waals surface area contributed by atoms with E-state index in [1.807, 2.05) is 0 Å². The highest BCUT2D eigenvalue weighted by Crippen LogP contribution is 2.34. The van der Waals surface area contributed by atoms with E-state index in [1.165, 1.54) is 13.0 Å². The molecule has 0 bridgehead atoms. The van der Waals surface area contributed by atoms with Crippen molar-refractivity contribution in [2.45, 2.75) is 18.0 Å². The zero-order valence-electron chi connectivity index (χ0n) is 13.1. The van der Waals surface area contributed by atoms with Crippen molar-refractivity contribution in [3.63, 3.8) is 0 Å². The summed E-state index contributed by atoms with van der Waals surface area (Å²) in [5.41, 5.74) is -0.225. The van der Waals surface area contributed by atoms with E-state index in [1.54, 1.807) is 0 Å². The van der Waals surface area contributed by atoms with Crippen molar-refractivity contribution in [2.24, 2.45) is 0 Å². The number of halogens is 5. The van der Waals surface area contributed by atoms with Gasteiger partial charge in [-0.05, 0) is 6.07 Å². The lowest BCUT2D eigenvalue weighted by molar-refractivity contribution is -0.153. The third-order valence-corrected chi connectivity index (χ3v) is 4.99. The summed E-state index contributed by atoms with van der Waals surface area (Å²) in [5, 5.41) is 2.59. The highest BCUT2D eigenvalue weighted by Gasteiger charge is 2.30. The molecule has 1 N–H and O–H groups in total. The second-order valence-electron chi connectivity index (χ2n) is 4.94. The Bertz CT molecular complexity index is 907. The predicted molar refractivity (Wildman–Crippen MR) is 86.0 cm³/mol. The van der Waals surface area contributed by atoms with Crippen LogP contribution in [0.4, 0.5) is 29.1 Å². The van der Waals surface area contributed by atoms with E-state index in [0.29, 0.717) is 6.07 Å². The summed E-state index contributed by atoms with van der Waals surface area (Å²) < 4.78 is 79.9. The van der Waals surface area contributed by atoms with E-state index < -0.39 is 44.8 Å². The van der Waals surface area contributed by atoms with Crippen molar-refractivity contribution in [1.82, 2.24) is 9.97 Å². The van der Waals surface area contributed by atoms with Gasteiger partial charge >= 0.3 is 6.18 Å². The summed E-state index contributed by atoms with van der Waals surface area (Å²) in [7, 11) is -3.96. The van der Waals surface area contributed by atoms with E-state index in [0.717, 1.165) is 12.4 Å². The molecule has 0 aliphatic heterocycles. The second-order valence-corrected chi connectivity index (χ2v) is 7.57. The van der Waals surface area contributed by atoms with Gasteiger partial charge in [0, 0.05) is 12.1 Å². The van der Waals surface area contributed by atoms with Crippen LogP contribution in [0.5, 0.6) is 5.75 Å². The van der Waals surface area contributed by atoms with Crippen molar-refractivity contribution >= 4 is 32.9 Å². The quantitative estimate of drug-likeness (QED) is 0.574. The minimum absolute atomic E-state index is 0.0313. The van der Waals surface area contributed by atoms with Gasteiger partial charge < -0.3 is 10.1 Å². The number of hydrogen-bond acceptors (Lipinski definition) is 6. The van der Waals surface area contributed by atoms with Gasteiger partial charge in [-0.1, -0.05) is 18.5 Å². The van der Waals surface area contributed by atoms with Gasteiger partial charge in [0.25, 0.3) is 0 Å². The minimum atomic E-state index is -4.67. The van der Waals surface area contributed by atoms with E-state index in [2.05, 4.69) is 20.0 Å². The molecule has 12 heteroatoms. The number of ether oxygens (including phenoxy) is 1. The van der Waals surface area contributed by atoms with Crippen molar-refractivity contribution in [1.29, 1.82) is 0 Å². The molecule has 0 amide bonds. The summed E-state index contributed by atoms with van der Waals surface area (Å²) in [4.78, 5) is 6.75. The molecular weight excluding hydrogens is 402 g/mol. The van der Waals surface area contributed by atoms with Crippen molar-refractivity contribution < 1.29 is 30.7 Å². The number of hydrogen-bond donors (Lipinski definition) is 1. The Hall–Kier alpha value is -2.14. The van der Waals surface area contributed by atoms with Gasteiger partial charge in [-0.2, -0.15) is 13.2 Å². The SMILES string of the molecule is CCS(=O)(=O)c1cc(Nc2cc(Cl)ncn2)c(OCC(F)(F)F)cc1F. The molecule has 2 rings (SSSR count). The maximum atomic E-state index is 14.1. The highest BCUT2D eigenvalue weighted by molar-refractivity contribution is 7.91. The molecule has 0 radical (unpaired) electrons. The lowest BCUT2D eigenvalue weighted by atomic mass is 10.2. The molecule has 0 aliphatic rings. The molecule has 26 heavy (non-hydrogen) atoms. The summed E-state index contributed by atoms with van der Waals surface area (Å²) in [6, 6.07) is 2.65. The van der Waals surface area contributed by atoms with Crippen LogP contribution in [0.2, 0.25) is 5.15 Å². The Morgan fingerprint density at radius 1 is 1.23 bits per heavy atom. The molecule has 2 aromatic rings. The average molecular weight is 414 g/mol. The summed E-state index contributed by atoms with van der Waals surface area (Å²) >= 11 is 5.70. The second kappa shape index (κ2) is 7.62. The van der Waals surface area contributed by atoms with Crippen LogP contribution in [-0.4, -0.2) is 36.9 Å². The smallest absolute Gasteiger partial charge is 0.422 e. The van der Waals surface area contributed by atoms with Gasteiger partial charge in [0.1, 0.15) is 33.8 Å². The van der Waals surface area contributed by atoms with E-state index in [-0.39, 0.29) is 16.7 Å². The van der Waals surface area contributed by atoms with E-state index in [4.69, 9.17) is 11.6 Å². The van der Waals surface area contributed by atoms with Crippen LogP contribution in [0, 0.1) is 5.82 Å². The highest BCUT2D eigenvalue weighted by atomic mass is 35.5. The van der Waals surface area contributed by atoms with Crippen LogP contribution in [-0.2, 0) is 9.84 Å². The number of benzene rings is 1. The molecule has 1 aromatic heterocycles. The van der Waals surface area contributed by atoms with Gasteiger partial charge in [0.15, 0.2) is 16.4 Å². The molecule has 0 fully saturated rings. The number of rotatable bonds is 6. The van der Waals surface area contributed by atoms with Crippen LogP contribution in [0.25, 0.3) is 0 Å². The fourth-order valence-electron chi connectivity index (χ4n) is 1.85. The zero-order chi connectivity index (χ0) is 19.5. The number of nitrogens with one attached hydrogen (secondary N) is 1. The van der Waals surface area contributed by atoms with Crippen LogP contribution in [0.3, 0.4) is 0 Å². The van der Waals surface area contributed by atoms with Gasteiger partial charge in [0.2, 0.25) is 0 Å². The van der Waals surface area contributed by atoms with Gasteiger partial charge in [-0.25, -0.2) is 22.8 Å². The third-order valence-electron chi connectivity index (χ3n) is 3.04. The summed E-state index contributed by atoms with van der Waals surface area (Å²) in [6.07, 6.45) is -3.59. The first-order valence-electron chi connectivity index (χ1n) is 7.02. The molecule has 6 nitrogen and oxygen atoms in total. The molecule has 0 unspecified atom stereocenters. The third kappa shape index (κ3) is 5.18. The maximum Gasteiger partial charge on any atom is 0.422 e. The van der Waals surface area contributed by atoms with Gasteiger partial charge in [-0.15, -0.1) is 0 Å². The first-order chi connectivity index (χ1) is 12.0. The Kier molecular flexibility index (Phi) is 5.91. The van der Waals surface area contributed by atoms with Crippen LogP contribution >= 0.6 is 11.6 Å². The predicted octanol–water partition coefficient (Wildman–Crippen LogP) is 3.75. The summed E-state index contributed by atoms with van der Waals surface area (Å²) in [6.45, 7) is -0.383. The van der Waals surface area contributed by atoms with Gasteiger partial charge in [0.05, 0.1) is 11.4 Å². The maximum absolute atomic E-state index is 14.1. The Labute approximate surface area is 151 Å². The molecule has 1 aromatic carbocycles. The lowest BCUT2D eigenvalue weighted by Crippen LogP contribution is -2.20. The number of alkyl halides is 3. The number of aromatic nitrogens is 2. The molecular formula is C14H12ClF4N3O3S. The first-order valence-corrected chi connectivity index (χ1v) is 9.05. The van der Waals surface area contributed by atoms with E-state index >= 15 is 0 Å². The molecule has 0 aliphatic carbocycles. The standard InChI is InChI=1S/C14H12ClF4N3O3S/c1-2-26(23,24)11-4-9(22-13-5-12(15)20-7-21-13)10(3-8(11)16)25-6-14(17,18)19/h3-5,7H,2,6H2,1H3,(H,20,21,22). The Balaban J connectivity index is 2.50.